The van der Waals surface area contributed by atoms with E-state index in [1.807, 2.05) is 11.3 Å². The van der Waals surface area contributed by atoms with Crippen LogP contribution in [-0.2, 0) is 0 Å². The van der Waals surface area contributed by atoms with E-state index in [1.54, 1.807) is 11.3 Å². The molecule has 0 bridgehead atoms. The minimum Gasteiger partial charge on any atom is -0.276 e. The third-order valence-corrected chi connectivity index (χ3v) is 13.8. The van der Waals surface area contributed by atoms with Crippen molar-refractivity contribution < 1.29 is 0 Å². The Labute approximate surface area is 322 Å². The maximum atomic E-state index is 5.73. The molecule has 0 aliphatic heterocycles. The van der Waals surface area contributed by atoms with Gasteiger partial charge in [0.1, 0.15) is 4.83 Å². The van der Waals surface area contributed by atoms with Crippen LogP contribution in [0.25, 0.3) is 123 Å². The molecular weight excluding hydrogens is 707 g/mol. The standard InChI is InChI=1S/C50H27N3S2/c1-3-13-32-28(11-1)21-22-30-23-24-31(27-39(30)32)45-44-37-18-8-10-20-41(37)55-49(44)52-50(51-45)53-46-33-14-4-2-12-29(33)25-26-38(46)42-34-15-5-6-16-35(34)43-36-17-7-9-19-40(36)54-48(43)47(42)53/h1-27H. The molecule has 0 aliphatic carbocycles. The van der Waals surface area contributed by atoms with Gasteiger partial charge in [0.15, 0.2) is 0 Å². The zero-order chi connectivity index (χ0) is 35.8. The number of benzene rings is 9. The molecule has 9 aromatic carbocycles. The molecule has 0 radical (unpaired) electrons. The largest absolute Gasteiger partial charge is 0.276 e. The number of hydrogen-bond acceptors (Lipinski definition) is 4. The van der Waals surface area contributed by atoms with Crippen molar-refractivity contribution in [2.75, 3.05) is 0 Å². The van der Waals surface area contributed by atoms with Gasteiger partial charge >= 0.3 is 0 Å². The van der Waals surface area contributed by atoms with E-state index < -0.39 is 0 Å². The predicted octanol–water partition coefficient (Wildman–Crippen LogP) is 14.6. The maximum absolute atomic E-state index is 5.73. The third-order valence-electron chi connectivity index (χ3n) is 11.6. The van der Waals surface area contributed by atoms with Crippen molar-refractivity contribution in [2.45, 2.75) is 0 Å². The van der Waals surface area contributed by atoms with Crippen LogP contribution in [0.4, 0.5) is 0 Å². The summed E-state index contributed by atoms with van der Waals surface area (Å²) in [5.41, 5.74) is 4.34. The Morgan fingerprint density at radius 1 is 0.382 bits per heavy atom. The van der Waals surface area contributed by atoms with E-state index in [0.717, 1.165) is 32.5 Å². The molecule has 0 saturated heterocycles. The molecule has 0 atom stereocenters. The Kier molecular flexibility index (Phi) is 5.93. The predicted molar refractivity (Wildman–Crippen MR) is 238 cm³/mol. The van der Waals surface area contributed by atoms with Gasteiger partial charge < -0.3 is 0 Å². The van der Waals surface area contributed by atoms with Crippen molar-refractivity contribution in [2.24, 2.45) is 0 Å². The number of rotatable bonds is 2. The van der Waals surface area contributed by atoms with E-state index in [2.05, 4.69) is 168 Å². The van der Waals surface area contributed by atoms with E-state index in [4.69, 9.17) is 9.97 Å². The molecule has 0 N–H and O–H groups in total. The van der Waals surface area contributed by atoms with Crippen molar-refractivity contribution in [3.05, 3.63) is 164 Å². The van der Waals surface area contributed by atoms with Gasteiger partial charge in [-0.25, -0.2) is 9.97 Å². The first-order valence-corrected chi connectivity index (χ1v) is 20.2. The zero-order valence-electron chi connectivity index (χ0n) is 29.2. The second-order valence-electron chi connectivity index (χ2n) is 14.5. The van der Waals surface area contributed by atoms with Gasteiger partial charge in [-0.2, -0.15) is 0 Å². The van der Waals surface area contributed by atoms with Gasteiger partial charge in [-0.3, -0.25) is 4.57 Å². The van der Waals surface area contributed by atoms with Crippen molar-refractivity contribution in [1.29, 1.82) is 0 Å². The third kappa shape index (κ3) is 4.03. The molecule has 13 aromatic rings. The van der Waals surface area contributed by atoms with Crippen LogP contribution < -0.4 is 0 Å². The minimum atomic E-state index is 0.692. The Balaban J connectivity index is 1.25. The van der Waals surface area contributed by atoms with Crippen molar-refractivity contribution >= 4 is 128 Å². The molecule has 0 unspecified atom stereocenters. The van der Waals surface area contributed by atoms with Crippen molar-refractivity contribution in [1.82, 2.24) is 14.5 Å². The first-order valence-electron chi connectivity index (χ1n) is 18.6. The second-order valence-corrected chi connectivity index (χ2v) is 16.5. The second kappa shape index (κ2) is 11.0. The zero-order valence-corrected chi connectivity index (χ0v) is 30.9. The van der Waals surface area contributed by atoms with E-state index in [0.29, 0.717) is 5.95 Å². The summed E-state index contributed by atoms with van der Waals surface area (Å²) in [5, 5.41) is 17.2. The minimum absolute atomic E-state index is 0.692. The van der Waals surface area contributed by atoms with E-state index in [1.165, 1.54) is 84.1 Å². The highest BCUT2D eigenvalue weighted by atomic mass is 32.1. The lowest BCUT2D eigenvalue weighted by Gasteiger charge is -2.13. The molecule has 0 amide bonds. The number of thiophene rings is 2. The van der Waals surface area contributed by atoms with Crippen LogP contribution in [-0.4, -0.2) is 14.5 Å². The molecule has 4 aromatic heterocycles. The summed E-state index contributed by atoms with van der Waals surface area (Å²) < 4.78 is 6.15. The molecule has 254 valence electrons. The molecule has 0 fully saturated rings. The van der Waals surface area contributed by atoms with Crippen LogP contribution in [0.5, 0.6) is 0 Å². The smallest absolute Gasteiger partial charge is 0.236 e. The highest BCUT2D eigenvalue weighted by molar-refractivity contribution is 7.27. The van der Waals surface area contributed by atoms with Crippen LogP contribution in [0, 0.1) is 0 Å². The lowest BCUT2D eigenvalue weighted by Crippen LogP contribution is -2.03. The fourth-order valence-electron chi connectivity index (χ4n) is 9.21. The van der Waals surface area contributed by atoms with E-state index in [9.17, 15) is 0 Å². The van der Waals surface area contributed by atoms with E-state index >= 15 is 0 Å². The Morgan fingerprint density at radius 2 is 0.945 bits per heavy atom. The summed E-state index contributed by atoms with van der Waals surface area (Å²) in [6.45, 7) is 0. The summed E-state index contributed by atoms with van der Waals surface area (Å²) in [5.74, 6) is 0.692. The number of hydrogen-bond donors (Lipinski definition) is 0. The van der Waals surface area contributed by atoms with Crippen LogP contribution in [0.15, 0.2) is 164 Å². The van der Waals surface area contributed by atoms with Gasteiger partial charge in [0.05, 0.1) is 21.4 Å². The molecule has 5 heteroatoms. The Morgan fingerprint density at radius 3 is 1.73 bits per heavy atom. The number of fused-ring (bicyclic) bond motifs is 18. The van der Waals surface area contributed by atoms with Gasteiger partial charge in [0.25, 0.3) is 0 Å². The summed E-state index contributed by atoms with van der Waals surface area (Å²) in [6.07, 6.45) is 0. The maximum Gasteiger partial charge on any atom is 0.236 e. The monoisotopic (exact) mass is 733 g/mol. The molecule has 3 nitrogen and oxygen atoms in total. The highest BCUT2D eigenvalue weighted by Crippen LogP contribution is 2.49. The van der Waals surface area contributed by atoms with Crippen LogP contribution in [0.2, 0.25) is 0 Å². The van der Waals surface area contributed by atoms with Gasteiger partial charge in [-0.15, -0.1) is 22.7 Å². The summed E-state index contributed by atoms with van der Waals surface area (Å²) in [6, 6.07) is 59.7. The van der Waals surface area contributed by atoms with Crippen molar-refractivity contribution in [3.63, 3.8) is 0 Å². The van der Waals surface area contributed by atoms with Gasteiger partial charge in [-0.05, 0) is 55.9 Å². The van der Waals surface area contributed by atoms with Gasteiger partial charge in [0.2, 0.25) is 5.95 Å². The molecule has 4 heterocycles. The average Bonchev–Trinajstić information content (AvgIpc) is 3.93. The molecule has 13 rings (SSSR count). The molecule has 0 spiro atoms. The van der Waals surface area contributed by atoms with Crippen molar-refractivity contribution in [3.8, 4) is 17.2 Å². The van der Waals surface area contributed by atoms with Gasteiger partial charge in [0, 0.05) is 52.7 Å². The molecule has 0 aliphatic rings. The Bertz CT molecular complexity index is 3790. The van der Waals surface area contributed by atoms with Crippen LogP contribution in [0.1, 0.15) is 0 Å². The molecular formula is C50H27N3S2. The quantitative estimate of drug-likeness (QED) is 0.166. The summed E-state index contributed by atoms with van der Waals surface area (Å²) >= 11 is 3.62. The normalized spacial score (nSPS) is 12.4. The average molecular weight is 734 g/mol. The highest BCUT2D eigenvalue weighted by Gasteiger charge is 2.26. The number of aromatic nitrogens is 3. The fourth-order valence-corrected chi connectivity index (χ4v) is 11.5. The van der Waals surface area contributed by atoms with Crippen LogP contribution in [0.3, 0.4) is 0 Å². The molecule has 55 heavy (non-hydrogen) atoms. The SMILES string of the molecule is c1ccc2c(c1)ccc1ccc(-c3nc(-n4c5c6ccccc6ccc5c5c6ccccc6c6c7ccccc7sc6c54)nc4sc5ccccc5c34)cc12. The molecule has 0 saturated carbocycles. The summed E-state index contributed by atoms with van der Waals surface area (Å²) in [4.78, 5) is 12.3. The topological polar surface area (TPSA) is 30.7 Å². The van der Waals surface area contributed by atoms with Gasteiger partial charge in [-0.1, -0.05) is 146 Å². The summed E-state index contributed by atoms with van der Waals surface area (Å²) in [7, 11) is 0. The van der Waals surface area contributed by atoms with E-state index in [-0.39, 0.29) is 0 Å². The first-order chi connectivity index (χ1) is 27.3. The number of nitrogens with zero attached hydrogens (tertiary/aromatic N) is 3. The first kappa shape index (κ1) is 29.8. The Hall–Kier alpha value is -6.66. The fraction of sp³-hybridized carbons (Fsp3) is 0. The lowest BCUT2D eigenvalue weighted by atomic mass is 9.98. The lowest BCUT2D eigenvalue weighted by molar-refractivity contribution is 1.02. The van der Waals surface area contributed by atoms with Crippen LogP contribution >= 0.6 is 22.7 Å².